The molecule has 2 heterocycles. The molecule has 0 saturated heterocycles. The van der Waals surface area contributed by atoms with Gasteiger partial charge in [-0.15, -0.1) is 5.10 Å². The molecule has 2 aromatic heterocycles. The van der Waals surface area contributed by atoms with E-state index in [0.717, 1.165) is 5.69 Å². The van der Waals surface area contributed by atoms with Crippen LogP contribution in [0, 0.1) is 0 Å². The van der Waals surface area contributed by atoms with Crippen LogP contribution in [0.25, 0.3) is 17.2 Å². The number of hydrogen-bond acceptors (Lipinski definition) is 6. The van der Waals surface area contributed by atoms with E-state index >= 15 is 0 Å². The maximum Gasteiger partial charge on any atom is 0.316 e. The monoisotopic (exact) mass is 332 g/mol. The molecule has 0 aliphatic heterocycles. The molecule has 3 rings (SSSR count). The molecule has 9 heteroatoms. The van der Waals surface area contributed by atoms with Crippen molar-refractivity contribution < 1.29 is 9.32 Å². The number of benzene rings is 1. The van der Waals surface area contributed by atoms with Crippen LogP contribution in [0.15, 0.2) is 35.0 Å². The molecule has 8 nitrogen and oxygen atoms in total. The third-order valence-corrected chi connectivity index (χ3v) is 3.11. The van der Waals surface area contributed by atoms with Gasteiger partial charge < -0.3 is 9.84 Å². The van der Waals surface area contributed by atoms with Gasteiger partial charge in [-0.25, -0.2) is 4.68 Å². The third kappa shape index (κ3) is 3.37. The van der Waals surface area contributed by atoms with Crippen molar-refractivity contribution >= 4 is 17.5 Å². The van der Waals surface area contributed by atoms with Gasteiger partial charge in [0.2, 0.25) is 5.82 Å². The van der Waals surface area contributed by atoms with Crippen LogP contribution in [-0.2, 0) is 0 Å². The van der Waals surface area contributed by atoms with E-state index in [2.05, 4.69) is 25.8 Å². The van der Waals surface area contributed by atoms with Crippen LogP contribution in [-0.4, -0.2) is 37.1 Å². The Morgan fingerprint density at radius 2 is 2.04 bits per heavy atom. The number of carbonyl (C=O) groups is 1. The largest absolute Gasteiger partial charge is 0.346 e. The smallest absolute Gasteiger partial charge is 0.316 e. The quantitative estimate of drug-likeness (QED) is 0.785. The van der Waals surface area contributed by atoms with Crippen molar-refractivity contribution in [3.05, 3.63) is 41.4 Å². The first-order valence-corrected chi connectivity index (χ1v) is 7.24. The number of halogens is 1. The summed E-state index contributed by atoms with van der Waals surface area (Å²) >= 11 is 5.85. The number of hydrogen-bond donors (Lipinski definition) is 1. The van der Waals surface area contributed by atoms with Crippen molar-refractivity contribution in [2.75, 3.05) is 0 Å². The molecule has 0 saturated carbocycles. The normalized spacial score (nSPS) is 11.0. The van der Waals surface area contributed by atoms with E-state index in [-0.39, 0.29) is 17.8 Å². The lowest BCUT2D eigenvalue weighted by Crippen LogP contribution is -2.30. The van der Waals surface area contributed by atoms with Crippen molar-refractivity contribution in [3.63, 3.8) is 0 Å². The molecule has 0 spiro atoms. The van der Waals surface area contributed by atoms with Crippen molar-refractivity contribution in [3.8, 4) is 17.2 Å². The fraction of sp³-hybridized carbons (Fsp3) is 0.214. The zero-order valence-corrected chi connectivity index (χ0v) is 13.2. The Hall–Kier alpha value is -2.74. The number of aromatic nitrogens is 5. The van der Waals surface area contributed by atoms with Gasteiger partial charge in [0.05, 0.1) is 11.9 Å². The lowest BCUT2D eigenvalue weighted by Gasteiger charge is -2.03. The fourth-order valence-corrected chi connectivity index (χ4v) is 1.96. The molecule has 118 valence electrons. The summed E-state index contributed by atoms with van der Waals surface area (Å²) in [5, 5.41) is 15.0. The van der Waals surface area contributed by atoms with Crippen LogP contribution in [0.3, 0.4) is 0 Å². The molecule has 23 heavy (non-hydrogen) atoms. The second kappa shape index (κ2) is 6.17. The standard InChI is InChI=1S/C14H13ClN6O2/c1-8(2)16-13(22)14-17-12(19-23-14)11-7-21(20-18-11)10-5-3-9(15)4-6-10/h3-8H,1-2H3,(H,16,22). The van der Waals surface area contributed by atoms with Crippen molar-refractivity contribution in [2.45, 2.75) is 19.9 Å². The van der Waals surface area contributed by atoms with Gasteiger partial charge in [-0.3, -0.25) is 4.79 Å². The average Bonchev–Trinajstić information content (AvgIpc) is 3.16. The highest BCUT2D eigenvalue weighted by atomic mass is 35.5. The minimum Gasteiger partial charge on any atom is -0.346 e. The maximum absolute atomic E-state index is 11.8. The highest BCUT2D eigenvalue weighted by molar-refractivity contribution is 6.30. The van der Waals surface area contributed by atoms with Crippen molar-refractivity contribution in [1.29, 1.82) is 0 Å². The number of nitrogens with zero attached hydrogens (tertiary/aromatic N) is 5. The molecule has 0 atom stereocenters. The van der Waals surface area contributed by atoms with Crippen LogP contribution in [0.2, 0.25) is 5.02 Å². The van der Waals surface area contributed by atoms with Gasteiger partial charge in [-0.2, -0.15) is 4.98 Å². The van der Waals surface area contributed by atoms with E-state index in [1.165, 1.54) is 0 Å². The average molecular weight is 333 g/mol. The van der Waals surface area contributed by atoms with Crippen LogP contribution in [0.1, 0.15) is 24.5 Å². The first kappa shape index (κ1) is 15.2. The highest BCUT2D eigenvalue weighted by Crippen LogP contribution is 2.16. The van der Waals surface area contributed by atoms with Gasteiger partial charge in [0.25, 0.3) is 0 Å². The summed E-state index contributed by atoms with van der Waals surface area (Å²) in [5.41, 5.74) is 1.18. The van der Waals surface area contributed by atoms with Gasteiger partial charge in [0, 0.05) is 11.1 Å². The van der Waals surface area contributed by atoms with Gasteiger partial charge >= 0.3 is 11.8 Å². The van der Waals surface area contributed by atoms with Gasteiger partial charge in [0.1, 0.15) is 0 Å². The second-order valence-electron chi connectivity index (χ2n) is 5.08. The Labute approximate surface area is 136 Å². The highest BCUT2D eigenvalue weighted by Gasteiger charge is 2.18. The zero-order valence-electron chi connectivity index (χ0n) is 12.4. The summed E-state index contributed by atoms with van der Waals surface area (Å²) in [6, 6.07) is 7.09. The molecule has 1 aromatic carbocycles. The summed E-state index contributed by atoms with van der Waals surface area (Å²) < 4.78 is 6.50. The summed E-state index contributed by atoms with van der Waals surface area (Å²) in [4.78, 5) is 15.8. The maximum atomic E-state index is 11.8. The van der Waals surface area contributed by atoms with Gasteiger partial charge in [-0.1, -0.05) is 22.0 Å². The molecule has 0 aliphatic rings. The minimum absolute atomic E-state index is 0.0244. The molecule has 0 unspecified atom stereocenters. The fourth-order valence-electron chi connectivity index (χ4n) is 1.83. The van der Waals surface area contributed by atoms with Gasteiger partial charge in [-0.05, 0) is 38.1 Å². The van der Waals surface area contributed by atoms with E-state index in [1.807, 2.05) is 13.8 Å². The predicted molar refractivity (Wildman–Crippen MR) is 82.3 cm³/mol. The Bertz CT molecular complexity index is 824. The summed E-state index contributed by atoms with van der Waals surface area (Å²) in [7, 11) is 0. The molecule has 1 N–H and O–H groups in total. The molecule has 0 radical (unpaired) electrons. The van der Waals surface area contributed by atoms with Crippen LogP contribution < -0.4 is 5.32 Å². The van der Waals surface area contributed by atoms with E-state index in [0.29, 0.717) is 10.7 Å². The number of nitrogens with one attached hydrogen (secondary N) is 1. The van der Waals surface area contributed by atoms with E-state index in [9.17, 15) is 4.79 Å². The molecule has 0 aliphatic carbocycles. The van der Waals surface area contributed by atoms with Crippen molar-refractivity contribution in [1.82, 2.24) is 30.5 Å². The minimum atomic E-state index is -0.427. The van der Waals surface area contributed by atoms with E-state index < -0.39 is 5.91 Å². The summed E-state index contributed by atoms with van der Waals surface area (Å²) in [6.07, 6.45) is 1.64. The second-order valence-corrected chi connectivity index (χ2v) is 5.51. The molecular weight excluding hydrogens is 320 g/mol. The number of rotatable bonds is 4. The summed E-state index contributed by atoms with van der Waals surface area (Å²) in [5.74, 6) is -0.349. The number of carbonyl (C=O) groups excluding carboxylic acids is 1. The van der Waals surface area contributed by atoms with E-state index in [4.69, 9.17) is 16.1 Å². The zero-order chi connectivity index (χ0) is 16.4. The summed E-state index contributed by atoms with van der Waals surface area (Å²) in [6.45, 7) is 3.68. The lowest BCUT2D eigenvalue weighted by atomic mass is 10.3. The molecule has 0 fully saturated rings. The first-order valence-electron chi connectivity index (χ1n) is 6.86. The third-order valence-electron chi connectivity index (χ3n) is 2.85. The molecule has 1 amide bonds. The molecule has 0 bridgehead atoms. The van der Waals surface area contributed by atoms with Crippen molar-refractivity contribution in [2.24, 2.45) is 0 Å². The Balaban J connectivity index is 1.82. The predicted octanol–water partition coefficient (Wildman–Crippen LogP) is 2.11. The Kier molecular flexibility index (Phi) is 4.07. The van der Waals surface area contributed by atoms with Crippen LogP contribution >= 0.6 is 11.6 Å². The molecule has 3 aromatic rings. The van der Waals surface area contributed by atoms with Gasteiger partial charge in [0.15, 0.2) is 5.69 Å². The first-order chi connectivity index (χ1) is 11.0. The Morgan fingerprint density at radius 3 is 2.74 bits per heavy atom. The number of amides is 1. The van der Waals surface area contributed by atoms with E-state index in [1.54, 1.807) is 35.1 Å². The van der Waals surface area contributed by atoms with Crippen LogP contribution in [0.5, 0.6) is 0 Å². The molecular formula is C14H13ClN6O2. The topological polar surface area (TPSA) is 98.7 Å². The van der Waals surface area contributed by atoms with Crippen LogP contribution in [0.4, 0.5) is 0 Å². The SMILES string of the molecule is CC(C)NC(=O)c1nc(-c2cn(-c3ccc(Cl)cc3)nn2)no1. The Morgan fingerprint density at radius 1 is 1.30 bits per heavy atom. The lowest BCUT2D eigenvalue weighted by molar-refractivity contribution is 0.0899.